The molecule has 2 saturated heterocycles. The van der Waals surface area contributed by atoms with Crippen LogP contribution in [-0.4, -0.2) is 48.4 Å². The van der Waals surface area contributed by atoms with Gasteiger partial charge in [0.15, 0.2) is 0 Å². The van der Waals surface area contributed by atoms with Gasteiger partial charge in [-0.1, -0.05) is 0 Å². The van der Waals surface area contributed by atoms with Crippen LogP contribution in [0, 0.1) is 11.3 Å². The Labute approximate surface area is 158 Å². The van der Waals surface area contributed by atoms with Crippen molar-refractivity contribution in [3.8, 4) is 0 Å². The van der Waals surface area contributed by atoms with Gasteiger partial charge in [-0.15, -0.1) is 11.3 Å². The molecule has 0 bridgehead atoms. The van der Waals surface area contributed by atoms with E-state index in [1.807, 2.05) is 12.1 Å². The van der Waals surface area contributed by atoms with E-state index in [1.165, 1.54) is 16.2 Å². The number of carbonyl (C=O) groups excluding carboxylic acids is 1. The van der Waals surface area contributed by atoms with Crippen LogP contribution in [0.3, 0.4) is 0 Å². The Kier molecular flexibility index (Phi) is 4.75. The van der Waals surface area contributed by atoms with Crippen molar-refractivity contribution in [3.05, 3.63) is 23.7 Å². The molecule has 0 aliphatic carbocycles. The molecule has 2 aliphatic rings. The van der Waals surface area contributed by atoms with Gasteiger partial charge in [0.05, 0.1) is 21.6 Å². The lowest BCUT2D eigenvalue weighted by Gasteiger charge is -2.50. The maximum atomic E-state index is 13.6. The molecule has 0 radical (unpaired) electrons. The molecule has 0 unspecified atom stereocenters. The number of aromatic nitrogens is 1. The number of thiazole rings is 1. The molecule has 1 N–H and O–H groups in total. The Balaban J connectivity index is 1.51. The van der Waals surface area contributed by atoms with Crippen molar-refractivity contribution in [3.63, 3.8) is 0 Å². The molecule has 3 heterocycles. The van der Waals surface area contributed by atoms with Gasteiger partial charge in [0.2, 0.25) is 0 Å². The molecule has 1 atom stereocenters. The number of likely N-dealkylation sites (tertiary alicyclic amines) is 1. The number of nitrogens with one attached hydrogen (secondary N) is 1. The van der Waals surface area contributed by atoms with Gasteiger partial charge in [0.25, 0.3) is 0 Å². The van der Waals surface area contributed by atoms with Crippen molar-refractivity contribution in [2.24, 2.45) is 11.3 Å². The topological polar surface area (TPSA) is 54.5 Å². The molecule has 2 amide bonds. The third kappa shape index (κ3) is 3.62. The first-order valence-electron chi connectivity index (χ1n) is 8.91. The molecule has 5 nitrogen and oxygen atoms in total. The first-order chi connectivity index (χ1) is 12.9. The van der Waals surface area contributed by atoms with E-state index in [0.29, 0.717) is 31.7 Å². The predicted molar refractivity (Wildman–Crippen MR) is 96.9 cm³/mol. The second-order valence-corrected chi connectivity index (χ2v) is 8.13. The summed E-state index contributed by atoms with van der Waals surface area (Å²) < 4.78 is 47.0. The van der Waals surface area contributed by atoms with Crippen LogP contribution in [0.15, 0.2) is 23.7 Å². The third-order valence-corrected chi connectivity index (χ3v) is 6.48. The zero-order valence-electron chi connectivity index (χ0n) is 14.6. The van der Waals surface area contributed by atoms with Gasteiger partial charge < -0.3 is 15.0 Å². The molecule has 27 heavy (non-hydrogen) atoms. The second-order valence-electron chi connectivity index (χ2n) is 7.24. The van der Waals surface area contributed by atoms with Crippen LogP contribution >= 0.6 is 11.3 Å². The van der Waals surface area contributed by atoms with Gasteiger partial charge in [0, 0.05) is 37.4 Å². The normalized spacial score (nSPS) is 22.9. The van der Waals surface area contributed by atoms with Crippen molar-refractivity contribution in [2.45, 2.75) is 25.4 Å². The number of fused-ring (bicyclic) bond motifs is 1. The van der Waals surface area contributed by atoms with Crippen LogP contribution in [0.2, 0.25) is 0 Å². The van der Waals surface area contributed by atoms with Crippen LogP contribution in [0.25, 0.3) is 10.2 Å². The van der Waals surface area contributed by atoms with Crippen molar-refractivity contribution in [1.29, 1.82) is 0 Å². The van der Waals surface area contributed by atoms with Crippen molar-refractivity contribution in [1.82, 2.24) is 9.88 Å². The standard InChI is InChI=1S/C18H20F3N3O2S/c19-18(20,21)15-3-6-24(10-17(15)4-7-26-8-5-17)16(25)23-12-1-2-13-14(9-12)27-11-22-13/h1-2,9,11,15H,3-8,10H2,(H,23,25)/t15-/m1/s1. The van der Waals surface area contributed by atoms with Crippen molar-refractivity contribution < 1.29 is 22.7 Å². The minimum absolute atomic E-state index is 0.0647. The molecule has 2 fully saturated rings. The van der Waals surface area contributed by atoms with E-state index in [1.54, 1.807) is 11.6 Å². The predicted octanol–water partition coefficient (Wildman–Crippen LogP) is 4.51. The molecule has 2 aliphatic heterocycles. The fourth-order valence-electron chi connectivity index (χ4n) is 4.26. The number of urea groups is 1. The minimum Gasteiger partial charge on any atom is -0.381 e. The summed E-state index contributed by atoms with van der Waals surface area (Å²) in [5, 5.41) is 2.82. The Morgan fingerprint density at radius 1 is 1.33 bits per heavy atom. The highest BCUT2D eigenvalue weighted by atomic mass is 32.1. The number of amides is 2. The number of carbonyl (C=O) groups is 1. The lowest BCUT2D eigenvalue weighted by atomic mass is 9.66. The summed E-state index contributed by atoms with van der Waals surface area (Å²) in [6.07, 6.45) is -3.66. The number of hydrogen-bond acceptors (Lipinski definition) is 4. The van der Waals surface area contributed by atoms with Gasteiger partial charge in [0.1, 0.15) is 0 Å². The van der Waals surface area contributed by atoms with Crippen LogP contribution in [-0.2, 0) is 4.74 Å². The summed E-state index contributed by atoms with van der Waals surface area (Å²) in [4.78, 5) is 18.4. The molecule has 1 aromatic heterocycles. The number of piperidine rings is 1. The summed E-state index contributed by atoms with van der Waals surface area (Å²) in [6, 6.07) is 5.05. The summed E-state index contributed by atoms with van der Waals surface area (Å²) in [5.74, 6) is -1.38. The van der Waals surface area contributed by atoms with E-state index in [-0.39, 0.29) is 25.5 Å². The molecule has 2 aromatic rings. The summed E-state index contributed by atoms with van der Waals surface area (Å²) in [5.41, 5.74) is 2.25. The van der Waals surface area contributed by atoms with Gasteiger partial charge in [-0.2, -0.15) is 13.2 Å². The van der Waals surface area contributed by atoms with Crippen LogP contribution in [0.4, 0.5) is 23.7 Å². The number of ether oxygens (including phenoxy) is 1. The van der Waals surface area contributed by atoms with Crippen LogP contribution < -0.4 is 5.32 Å². The van der Waals surface area contributed by atoms with Gasteiger partial charge in [-0.3, -0.25) is 0 Å². The lowest BCUT2D eigenvalue weighted by Crippen LogP contribution is -2.57. The number of nitrogens with zero attached hydrogens (tertiary/aromatic N) is 2. The number of rotatable bonds is 1. The summed E-state index contributed by atoms with van der Waals surface area (Å²) in [7, 11) is 0. The molecular weight excluding hydrogens is 379 g/mol. The Morgan fingerprint density at radius 3 is 2.85 bits per heavy atom. The average molecular weight is 399 g/mol. The third-order valence-electron chi connectivity index (χ3n) is 5.69. The smallest absolute Gasteiger partial charge is 0.381 e. The zero-order chi connectivity index (χ0) is 19.1. The summed E-state index contributed by atoms with van der Waals surface area (Å²) >= 11 is 1.47. The fraction of sp³-hybridized carbons (Fsp3) is 0.556. The fourth-order valence-corrected chi connectivity index (χ4v) is 4.98. The zero-order valence-corrected chi connectivity index (χ0v) is 15.4. The van der Waals surface area contributed by atoms with Crippen LogP contribution in [0.1, 0.15) is 19.3 Å². The first kappa shape index (κ1) is 18.5. The number of hydrogen-bond donors (Lipinski definition) is 1. The molecule has 0 saturated carbocycles. The van der Waals surface area contributed by atoms with Crippen molar-refractivity contribution >= 4 is 33.3 Å². The maximum Gasteiger partial charge on any atom is 0.392 e. The Hall–Kier alpha value is -1.87. The highest BCUT2D eigenvalue weighted by Gasteiger charge is 2.56. The van der Waals surface area contributed by atoms with Crippen molar-refractivity contribution in [2.75, 3.05) is 31.6 Å². The minimum atomic E-state index is -4.25. The number of halogens is 3. The Morgan fingerprint density at radius 2 is 2.11 bits per heavy atom. The monoisotopic (exact) mass is 399 g/mol. The van der Waals surface area contributed by atoms with E-state index in [2.05, 4.69) is 10.3 Å². The first-order valence-corrected chi connectivity index (χ1v) is 9.79. The molecule has 1 spiro atoms. The van der Waals surface area contributed by atoms with E-state index in [9.17, 15) is 18.0 Å². The second kappa shape index (κ2) is 6.94. The molecule has 9 heteroatoms. The van der Waals surface area contributed by atoms with E-state index < -0.39 is 17.5 Å². The maximum absolute atomic E-state index is 13.6. The van der Waals surface area contributed by atoms with E-state index in [0.717, 1.165) is 10.2 Å². The van der Waals surface area contributed by atoms with Gasteiger partial charge in [-0.05, 0) is 37.5 Å². The largest absolute Gasteiger partial charge is 0.392 e. The molecular formula is C18H20F3N3O2S. The highest BCUT2D eigenvalue weighted by molar-refractivity contribution is 7.16. The molecule has 1 aromatic carbocycles. The van der Waals surface area contributed by atoms with E-state index in [4.69, 9.17) is 4.74 Å². The van der Waals surface area contributed by atoms with Gasteiger partial charge >= 0.3 is 12.2 Å². The van der Waals surface area contributed by atoms with Crippen LogP contribution in [0.5, 0.6) is 0 Å². The quantitative estimate of drug-likeness (QED) is 0.768. The van der Waals surface area contributed by atoms with Gasteiger partial charge in [-0.25, -0.2) is 9.78 Å². The Bertz CT molecular complexity index is 833. The highest BCUT2D eigenvalue weighted by Crippen LogP contribution is 2.50. The number of benzene rings is 1. The number of anilines is 1. The average Bonchev–Trinajstić information content (AvgIpc) is 3.09. The SMILES string of the molecule is O=C(Nc1ccc2ncsc2c1)N1CC[C@@H](C(F)(F)F)C2(CCOCC2)C1. The lowest BCUT2D eigenvalue weighted by molar-refractivity contribution is -0.232. The number of alkyl halides is 3. The molecule has 146 valence electrons. The summed E-state index contributed by atoms with van der Waals surface area (Å²) in [6.45, 7) is 0.824. The van der Waals surface area contributed by atoms with E-state index >= 15 is 0 Å². The molecule has 4 rings (SSSR count).